The summed E-state index contributed by atoms with van der Waals surface area (Å²) in [5.74, 6) is 0.894. The summed E-state index contributed by atoms with van der Waals surface area (Å²) in [6.45, 7) is 2.60. The van der Waals surface area contributed by atoms with Crippen LogP contribution in [0.4, 0.5) is 10.1 Å². The Balaban J connectivity index is 1.45. The molecule has 0 aliphatic carbocycles. The molecule has 4 nitrogen and oxygen atoms in total. The minimum atomic E-state index is -0.404. The third kappa shape index (κ3) is 4.61. The van der Waals surface area contributed by atoms with Crippen LogP contribution in [0.25, 0.3) is 0 Å². The summed E-state index contributed by atoms with van der Waals surface area (Å²) in [4.78, 5) is 14.4. The summed E-state index contributed by atoms with van der Waals surface area (Å²) in [7, 11) is 1.71. The smallest absolute Gasteiger partial charge is 0.225 e. The molecule has 26 heavy (non-hydrogen) atoms. The highest BCUT2D eigenvalue weighted by Crippen LogP contribution is 2.33. The first-order valence-electron chi connectivity index (χ1n) is 9.07. The number of benzene rings is 2. The van der Waals surface area contributed by atoms with Gasteiger partial charge in [-0.2, -0.15) is 0 Å². The molecule has 1 saturated heterocycles. The minimum Gasteiger partial charge on any atom is -0.496 e. The molecule has 3 rings (SSSR count). The molecule has 1 aliphatic rings. The monoisotopic (exact) mass is 356 g/mol. The number of carbonyl (C=O) groups is 1. The fourth-order valence-corrected chi connectivity index (χ4v) is 3.51. The molecule has 0 spiro atoms. The van der Waals surface area contributed by atoms with Gasteiger partial charge in [-0.25, -0.2) is 4.39 Å². The number of halogens is 1. The maximum absolute atomic E-state index is 13.6. The number of likely N-dealkylation sites (tertiary alicyclic amines) is 1. The first-order valence-corrected chi connectivity index (χ1v) is 9.07. The second-order valence-corrected chi connectivity index (χ2v) is 6.64. The SMILES string of the molecule is COc1ccccc1C1CCN(CCC(=O)Nc2ccccc2F)CC1. The largest absolute Gasteiger partial charge is 0.496 e. The quantitative estimate of drug-likeness (QED) is 0.849. The third-order valence-electron chi connectivity index (χ3n) is 4.97. The van der Waals surface area contributed by atoms with Crippen LogP contribution in [0.5, 0.6) is 5.75 Å². The number of hydrogen-bond acceptors (Lipinski definition) is 3. The summed E-state index contributed by atoms with van der Waals surface area (Å²) < 4.78 is 19.0. The lowest BCUT2D eigenvalue weighted by molar-refractivity contribution is -0.116. The molecule has 0 bridgehead atoms. The highest BCUT2D eigenvalue weighted by atomic mass is 19.1. The number of amides is 1. The van der Waals surface area contributed by atoms with E-state index in [1.807, 2.05) is 12.1 Å². The fraction of sp³-hybridized carbons (Fsp3) is 0.381. The summed E-state index contributed by atoms with van der Waals surface area (Å²) in [5, 5.41) is 2.64. The lowest BCUT2D eigenvalue weighted by Gasteiger charge is -2.32. The fourth-order valence-electron chi connectivity index (χ4n) is 3.51. The van der Waals surface area contributed by atoms with Crippen LogP contribution in [-0.2, 0) is 4.79 Å². The van der Waals surface area contributed by atoms with Gasteiger partial charge in [-0.15, -0.1) is 0 Å². The molecule has 1 amide bonds. The van der Waals surface area contributed by atoms with Crippen LogP contribution in [0.1, 0.15) is 30.7 Å². The van der Waals surface area contributed by atoms with E-state index in [-0.39, 0.29) is 11.6 Å². The minimum absolute atomic E-state index is 0.151. The molecule has 0 radical (unpaired) electrons. The average molecular weight is 356 g/mol. The summed E-state index contributed by atoms with van der Waals surface area (Å²) in [6, 6.07) is 14.4. The van der Waals surface area contributed by atoms with E-state index in [1.54, 1.807) is 25.3 Å². The molecule has 2 aromatic rings. The first kappa shape index (κ1) is 18.4. The van der Waals surface area contributed by atoms with Gasteiger partial charge in [0.2, 0.25) is 5.91 Å². The molecular weight excluding hydrogens is 331 g/mol. The van der Waals surface area contributed by atoms with Gasteiger partial charge in [-0.3, -0.25) is 4.79 Å². The zero-order valence-electron chi connectivity index (χ0n) is 15.1. The lowest BCUT2D eigenvalue weighted by Crippen LogP contribution is -2.35. The Morgan fingerprint density at radius 1 is 1.15 bits per heavy atom. The van der Waals surface area contributed by atoms with E-state index in [0.29, 0.717) is 18.9 Å². The van der Waals surface area contributed by atoms with Crippen LogP contribution >= 0.6 is 0 Å². The number of methoxy groups -OCH3 is 1. The number of anilines is 1. The van der Waals surface area contributed by atoms with Crippen LogP contribution in [0.3, 0.4) is 0 Å². The molecule has 1 heterocycles. The van der Waals surface area contributed by atoms with Gasteiger partial charge in [0, 0.05) is 13.0 Å². The molecule has 1 fully saturated rings. The third-order valence-corrected chi connectivity index (χ3v) is 4.97. The van der Waals surface area contributed by atoms with Crippen molar-refractivity contribution in [1.29, 1.82) is 0 Å². The molecule has 0 unspecified atom stereocenters. The second-order valence-electron chi connectivity index (χ2n) is 6.64. The van der Waals surface area contributed by atoms with Gasteiger partial charge in [0.05, 0.1) is 12.8 Å². The number of carbonyl (C=O) groups excluding carboxylic acids is 1. The van der Waals surface area contributed by atoms with Gasteiger partial charge < -0.3 is 15.0 Å². The van der Waals surface area contributed by atoms with E-state index in [1.165, 1.54) is 11.6 Å². The number of nitrogens with zero attached hydrogens (tertiary/aromatic N) is 1. The van der Waals surface area contributed by atoms with Crippen molar-refractivity contribution < 1.29 is 13.9 Å². The van der Waals surface area contributed by atoms with E-state index in [0.717, 1.165) is 31.7 Å². The van der Waals surface area contributed by atoms with Gasteiger partial charge in [-0.05, 0) is 55.6 Å². The predicted molar refractivity (Wildman–Crippen MR) is 101 cm³/mol. The highest BCUT2D eigenvalue weighted by Gasteiger charge is 2.23. The number of hydrogen-bond donors (Lipinski definition) is 1. The van der Waals surface area contributed by atoms with Crippen LogP contribution in [0.2, 0.25) is 0 Å². The lowest BCUT2D eigenvalue weighted by atomic mass is 9.89. The Bertz CT molecular complexity index is 742. The van der Waals surface area contributed by atoms with Gasteiger partial charge in [0.15, 0.2) is 0 Å². The summed E-state index contributed by atoms with van der Waals surface area (Å²) >= 11 is 0. The molecule has 138 valence electrons. The van der Waals surface area contributed by atoms with Crippen molar-refractivity contribution in [2.45, 2.75) is 25.2 Å². The normalized spacial score (nSPS) is 15.6. The predicted octanol–water partition coefficient (Wildman–Crippen LogP) is 4.04. The van der Waals surface area contributed by atoms with E-state index in [2.05, 4.69) is 22.3 Å². The Labute approximate surface area is 154 Å². The molecular formula is C21H25FN2O2. The topological polar surface area (TPSA) is 41.6 Å². The van der Waals surface area contributed by atoms with Crippen molar-refractivity contribution in [3.63, 3.8) is 0 Å². The Hall–Kier alpha value is -2.40. The molecule has 0 saturated carbocycles. The zero-order chi connectivity index (χ0) is 18.4. The summed E-state index contributed by atoms with van der Waals surface area (Å²) in [6.07, 6.45) is 2.47. The Morgan fingerprint density at radius 3 is 2.58 bits per heavy atom. The molecule has 1 aliphatic heterocycles. The standard InChI is InChI=1S/C21H25FN2O2/c1-26-20-9-5-2-6-17(20)16-10-13-24(14-11-16)15-12-21(25)23-19-8-4-3-7-18(19)22/h2-9,16H,10-15H2,1H3,(H,23,25). The zero-order valence-corrected chi connectivity index (χ0v) is 15.1. The molecule has 5 heteroatoms. The number of ether oxygens (including phenoxy) is 1. The van der Waals surface area contributed by atoms with E-state index >= 15 is 0 Å². The molecule has 1 N–H and O–H groups in total. The number of para-hydroxylation sites is 2. The van der Waals surface area contributed by atoms with Crippen molar-refractivity contribution in [1.82, 2.24) is 4.90 Å². The maximum atomic E-state index is 13.6. The number of nitrogens with one attached hydrogen (secondary N) is 1. The van der Waals surface area contributed by atoms with Crippen molar-refractivity contribution in [3.8, 4) is 5.75 Å². The van der Waals surface area contributed by atoms with E-state index in [9.17, 15) is 9.18 Å². The Kier molecular flexibility index (Phi) is 6.23. The molecule has 0 aromatic heterocycles. The first-order chi connectivity index (χ1) is 12.7. The number of piperidine rings is 1. The van der Waals surface area contributed by atoms with Gasteiger partial charge in [0.1, 0.15) is 11.6 Å². The Morgan fingerprint density at radius 2 is 1.85 bits per heavy atom. The van der Waals surface area contributed by atoms with Gasteiger partial charge in [-0.1, -0.05) is 30.3 Å². The van der Waals surface area contributed by atoms with Crippen LogP contribution in [0.15, 0.2) is 48.5 Å². The van der Waals surface area contributed by atoms with Crippen LogP contribution in [-0.4, -0.2) is 37.6 Å². The van der Waals surface area contributed by atoms with Gasteiger partial charge >= 0.3 is 0 Å². The van der Waals surface area contributed by atoms with Crippen molar-refractivity contribution in [3.05, 3.63) is 59.9 Å². The van der Waals surface area contributed by atoms with Crippen LogP contribution < -0.4 is 10.1 Å². The van der Waals surface area contributed by atoms with Crippen molar-refractivity contribution in [2.24, 2.45) is 0 Å². The van der Waals surface area contributed by atoms with E-state index in [4.69, 9.17) is 4.74 Å². The van der Waals surface area contributed by atoms with Crippen LogP contribution in [0, 0.1) is 5.82 Å². The van der Waals surface area contributed by atoms with Crippen molar-refractivity contribution >= 4 is 11.6 Å². The highest BCUT2D eigenvalue weighted by molar-refractivity contribution is 5.90. The molecule has 2 aromatic carbocycles. The average Bonchev–Trinajstić information content (AvgIpc) is 2.68. The maximum Gasteiger partial charge on any atom is 0.225 e. The number of rotatable bonds is 6. The van der Waals surface area contributed by atoms with Gasteiger partial charge in [0.25, 0.3) is 0 Å². The molecule has 0 atom stereocenters. The van der Waals surface area contributed by atoms with Crippen molar-refractivity contribution in [2.75, 3.05) is 32.1 Å². The summed E-state index contributed by atoms with van der Waals surface area (Å²) in [5.41, 5.74) is 1.51. The van der Waals surface area contributed by atoms with E-state index < -0.39 is 5.82 Å². The second kappa shape index (κ2) is 8.81.